The van der Waals surface area contributed by atoms with E-state index in [0.29, 0.717) is 18.5 Å². The van der Waals surface area contributed by atoms with Crippen LogP contribution in [-0.2, 0) is 20.5 Å². The summed E-state index contributed by atoms with van der Waals surface area (Å²) in [4.78, 5) is 13.0. The van der Waals surface area contributed by atoms with Crippen LogP contribution in [0.25, 0.3) is 11.3 Å². The molecule has 0 spiro atoms. The van der Waals surface area contributed by atoms with E-state index in [2.05, 4.69) is 47.6 Å². The minimum atomic E-state index is 0.112. The van der Waals surface area contributed by atoms with Gasteiger partial charge in [0.15, 0.2) is 5.78 Å². The van der Waals surface area contributed by atoms with Crippen LogP contribution in [0.15, 0.2) is 73.1 Å². The maximum atomic E-state index is 13.0. The highest BCUT2D eigenvalue weighted by atomic mass is 16.1. The molecule has 4 aromatic rings. The summed E-state index contributed by atoms with van der Waals surface area (Å²) in [6.45, 7) is 2.19. The van der Waals surface area contributed by atoms with Gasteiger partial charge in [-0.15, -0.1) is 0 Å². The molecule has 0 saturated carbocycles. The molecule has 5 heteroatoms. The van der Waals surface area contributed by atoms with Crippen LogP contribution in [0.5, 0.6) is 0 Å². The zero-order valence-corrected chi connectivity index (χ0v) is 18.3. The van der Waals surface area contributed by atoms with Gasteiger partial charge in [-0.1, -0.05) is 61.5 Å². The third-order valence-electron chi connectivity index (χ3n) is 5.82. The maximum absolute atomic E-state index is 13.0. The van der Waals surface area contributed by atoms with Crippen molar-refractivity contribution in [3.63, 3.8) is 0 Å². The zero-order valence-electron chi connectivity index (χ0n) is 18.3. The average Bonchev–Trinajstić information content (AvgIpc) is 3.40. The molecule has 1 atom stereocenters. The molecule has 0 aliphatic heterocycles. The van der Waals surface area contributed by atoms with Crippen LogP contribution in [0.3, 0.4) is 0 Å². The summed E-state index contributed by atoms with van der Waals surface area (Å²) in [6.07, 6.45) is 6.17. The number of carbonyl (C=O) groups excluding carboxylic acids is 1. The Morgan fingerprint density at radius 3 is 2.48 bits per heavy atom. The summed E-state index contributed by atoms with van der Waals surface area (Å²) in [5.41, 5.74) is 6.20. The topological polar surface area (TPSA) is 52.7 Å². The van der Waals surface area contributed by atoms with Gasteiger partial charge in [0.2, 0.25) is 0 Å². The van der Waals surface area contributed by atoms with E-state index in [1.54, 1.807) is 4.68 Å². The number of ketones is 1. The molecule has 2 heterocycles. The highest BCUT2D eigenvalue weighted by Crippen LogP contribution is 2.31. The van der Waals surface area contributed by atoms with Crippen LogP contribution in [-0.4, -0.2) is 25.3 Å². The fourth-order valence-electron chi connectivity index (χ4n) is 4.21. The molecule has 158 valence electrons. The van der Waals surface area contributed by atoms with Crippen molar-refractivity contribution in [3.05, 3.63) is 95.4 Å². The van der Waals surface area contributed by atoms with Crippen molar-refractivity contribution in [2.45, 2.75) is 32.1 Å². The summed E-state index contributed by atoms with van der Waals surface area (Å²) in [5.74, 6) is 0.391. The van der Waals surface area contributed by atoms with Gasteiger partial charge in [0.25, 0.3) is 0 Å². The quantitative estimate of drug-likeness (QED) is 0.375. The predicted molar refractivity (Wildman–Crippen MR) is 123 cm³/mol. The SMILES string of the molecule is CCC(c1cnn(C)c1)c1ccccc1CCC(=O)c1cc(-c2ccccc2)nn1C. The van der Waals surface area contributed by atoms with Gasteiger partial charge in [-0.3, -0.25) is 14.2 Å². The van der Waals surface area contributed by atoms with E-state index in [9.17, 15) is 4.79 Å². The smallest absolute Gasteiger partial charge is 0.181 e. The van der Waals surface area contributed by atoms with Crippen LogP contribution in [0.4, 0.5) is 0 Å². The van der Waals surface area contributed by atoms with Crippen molar-refractivity contribution in [1.29, 1.82) is 0 Å². The van der Waals surface area contributed by atoms with E-state index >= 15 is 0 Å². The van der Waals surface area contributed by atoms with Crippen molar-refractivity contribution >= 4 is 5.78 Å². The van der Waals surface area contributed by atoms with E-state index in [1.165, 1.54) is 16.7 Å². The Bertz CT molecular complexity index is 1170. The number of hydrogen-bond donors (Lipinski definition) is 0. The molecular formula is C26H28N4O. The first-order valence-electron chi connectivity index (χ1n) is 10.8. The lowest BCUT2D eigenvalue weighted by atomic mass is 9.86. The second-order valence-electron chi connectivity index (χ2n) is 7.93. The van der Waals surface area contributed by atoms with Gasteiger partial charge in [0.1, 0.15) is 5.69 Å². The Morgan fingerprint density at radius 2 is 1.77 bits per heavy atom. The predicted octanol–water partition coefficient (Wildman–Crippen LogP) is 5.18. The van der Waals surface area contributed by atoms with Crippen molar-refractivity contribution in [3.8, 4) is 11.3 Å². The van der Waals surface area contributed by atoms with Gasteiger partial charge in [-0.25, -0.2) is 0 Å². The zero-order chi connectivity index (χ0) is 21.8. The standard InChI is InChI=1S/C26H28N4O/c1-4-22(21-17-27-29(2)18-21)23-13-9-8-10-19(23)14-15-26(31)25-16-24(28-30(25)3)20-11-6-5-7-12-20/h5-13,16-18,22H,4,14-15H2,1-3H3. The number of rotatable bonds is 8. The van der Waals surface area contributed by atoms with Crippen molar-refractivity contribution < 1.29 is 4.79 Å². The number of benzene rings is 2. The Labute approximate surface area is 183 Å². The van der Waals surface area contributed by atoms with Crippen molar-refractivity contribution in [1.82, 2.24) is 19.6 Å². The molecule has 5 nitrogen and oxygen atoms in total. The molecule has 31 heavy (non-hydrogen) atoms. The number of Topliss-reactive ketones (excluding diaryl/α,β-unsaturated/α-hetero) is 1. The van der Waals surface area contributed by atoms with E-state index in [4.69, 9.17) is 0 Å². The van der Waals surface area contributed by atoms with Crippen LogP contribution in [0, 0.1) is 0 Å². The van der Waals surface area contributed by atoms with E-state index < -0.39 is 0 Å². The summed E-state index contributed by atoms with van der Waals surface area (Å²) < 4.78 is 3.54. The van der Waals surface area contributed by atoms with E-state index in [-0.39, 0.29) is 11.7 Å². The summed E-state index contributed by atoms with van der Waals surface area (Å²) in [5, 5.41) is 8.89. The average molecular weight is 413 g/mol. The van der Waals surface area contributed by atoms with Crippen molar-refractivity contribution in [2.75, 3.05) is 0 Å². The third-order valence-corrected chi connectivity index (χ3v) is 5.82. The molecule has 0 aliphatic carbocycles. The van der Waals surface area contributed by atoms with Crippen LogP contribution >= 0.6 is 0 Å². The molecule has 2 aromatic heterocycles. The van der Waals surface area contributed by atoms with Crippen molar-refractivity contribution in [2.24, 2.45) is 14.1 Å². The van der Waals surface area contributed by atoms with Gasteiger partial charge in [-0.05, 0) is 35.6 Å². The molecule has 0 fully saturated rings. The molecular weight excluding hydrogens is 384 g/mol. The Kier molecular flexibility index (Phi) is 6.12. The molecule has 0 aliphatic rings. The van der Waals surface area contributed by atoms with Crippen LogP contribution < -0.4 is 0 Å². The van der Waals surface area contributed by atoms with Gasteiger partial charge in [-0.2, -0.15) is 10.2 Å². The second-order valence-corrected chi connectivity index (χ2v) is 7.93. The molecule has 4 rings (SSSR count). The van der Waals surface area contributed by atoms with Gasteiger partial charge >= 0.3 is 0 Å². The molecule has 0 bridgehead atoms. The van der Waals surface area contributed by atoms with E-state index in [1.807, 2.05) is 61.4 Å². The Balaban J connectivity index is 1.53. The lowest BCUT2D eigenvalue weighted by Crippen LogP contribution is -2.09. The Morgan fingerprint density at radius 1 is 1.03 bits per heavy atom. The first kappa shape index (κ1) is 20.8. The maximum Gasteiger partial charge on any atom is 0.181 e. The fraction of sp³-hybridized carbons (Fsp3) is 0.269. The minimum absolute atomic E-state index is 0.112. The van der Waals surface area contributed by atoms with Gasteiger partial charge < -0.3 is 0 Å². The summed E-state index contributed by atoms with van der Waals surface area (Å²) in [7, 11) is 3.78. The van der Waals surface area contributed by atoms with Crippen LogP contribution in [0.2, 0.25) is 0 Å². The van der Waals surface area contributed by atoms with E-state index in [0.717, 1.165) is 17.7 Å². The molecule has 0 radical (unpaired) electrons. The lowest BCUT2D eigenvalue weighted by molar-refractivity contribution is 0.0973. The highest BCUT2D eigenvalue weighted by Gasteiger charge is 2.19. The Hall–Kier alpha value is -3.47. The first-order chi connectivity index (χ1) is 15.1. The first-order valence-corrected chi connectivity index (χ1v) is 10.8. The number of nitrogens with zero attached hydrogens (tertiary/aromatic N) is 4. The summed E-state index contributed by atoms with van der Waals surface area (Å²) in [6, 6.07) is 20.3. The molecule has 0 N–H and O–H groups in total. The highest BCUT2D eigenvalue weighted by molar-refractivity contribution is 5.95. The molecule has 1 unspecified atom stereocenters. The minimum Gasteiger partial charge on any atom is -0.292 e. The number of carbonyl (C=O) groups is 1. The second kappa shape index (κ2) is 9.13. The van der Waals surface area contributed by atoms with Gasteiger partial charge in [0, 0.05) is 38.2 Å². The molecule has 0 saturated heterocycles. The van der Waals surface area contributed by atoms with Crippen LogP contribution in [0.1, 0.15) is 52.9 Å². The number of hydrogen-bond acceptors (Lipinski definition) is 3. The third kappa shape index (κ3) is 4.50. The largest absolute Gasteiger partial charge is 0.292 e. The number of aromatic nitrogens is 4. The molecule has 2 aromatic carbocycles. The summed E-state index contributed by atoms with van der Waals surface area (Å²) >= 11 is 0. The van der Waals surface area contributed by atoms with Gasteiger partial charge in [0.05, 0.1) is 11.9 Å². The number of aryl methyl sites for hydroxylation is 3. The molecule has 0 amide bonds. The fourth-order valence-corrected chi connectivity index (χ4v) is 4.21. The monoisotopic (exact) mass is 412 g/mol. The normalized spacial score (nSPS) is 12.1. The lowest BCUT2D eigenvalue weighted by Gasteiger charge is -2.18.